The predicted molar refractivity (Wildman–Crippen MR) is 85.9 cm³/mol. The summed E-state index contributed by atoms with van der Waals surface area (Å²) in [7, 11) is 0.122. The molecule has 2 aromatic rings. The molecule has 0 aliphatic carbocycles. The predicted octanol–water partition coefficient (Wildman–Crippen LogP) is 3.15. The molecule has 0 aliphatic rings. The third-order valence-electron chi connectivity index (χ3n) is 2.87. The molecule has 21 heavy (non-hydrogen) atoms. The highest BCUT2D eigenvalue weighted by molar-refractivity contribution is 7.97. The average molecular weight is 318 g/mol. The number of benzene rings is 1. The number of hydrogen-bond donors (Lipinski definition) is 0. The minimum Gasteiger partial charge on any atom is -0.378 e. The Hall–Kier alpha value is -2.10. The Morgan fingerprint density at radius 1 is 1.24 bits per heavy atom. The van der Waals surface area contributed by atoms with Crippen LogP contribution in [0.15, 0.2) is 50.9 Å². The van der Waals surface area contributed by atoms with Crippen LogP contribution in [0.4, 0.5) is 5.69 Å². The summed E-state index contributed by atoms with van der Waals surface area (Å²) in [5.41, 5.74) is 1.68. The monoisotopic (exact) mass is 318 g/mol. The molecule has 108 valence electrons. The first-order valence-corrected chi connectivity index (χ1v) is 8.49. The summed E-state index contributed by atoms with van der Waals surface area (Å²) in [5, 5.41) is 10.8. The van der Waals surface area contributed by atoms with Gasteiger partial charge in [0, 0.05) is 19.8 Å². The van der Waals surface area contributed by atoms with E-state index in [2.05, 4.69) is 0 Å². The molecule has 1 aromatic heterocycles. The van der Waals surface area contributed by atoms with E-state index in [0.29, 0.717) is 5.56 Å². The second-order valence-corrected chi connectivity index (χ2v) is 7.63. The fourth-order valence-electron chi connectivity index (χ4n) is 1.71. The van der Waals surface area contributed by atoms with Gasteiger partial charge >= 0.3 is 0 Å². The van der Waals surface area contributed by atoms with Gasteiger partial charge in [-0.3, -0.25) is 0 Å². The summed E-state index contributed by atoms with van der Waals surface area (Å²) < 4.78 is 24.8. The van der Waals surface area contributed by atoms with Crippen LogP contribution in [0.3, 0.4) is 0 Å². The number of rotatable bonds is 4. The van der Waals surface area contributed by atoms with Gasteiger partial charge in [0.2, 0.25) is 9.84 Å². The Morgan fingerprint density at radius 2 is 1.90 bits per heavy atom. The van der Waals surface area contributed by atoms with Gasteiger partial charge in [0.1, 0.15) is 10.3 Å². The van der Waals surface area contributed by atoms with E-state index >= 15 is 0 Å². The van der Waals surface area contributed by atoms with E-state index in [1.165, 1.54) is 12.1 Å². The molecule has 1 aromatic carbocycles. The fraction of sp³-hybridized carbons (Fsp3) is 0.133. The van der Waals surface area contributed by atoms with Gasteiger partial charge in [-0.1, -0.05) is 18.2 Å². The molecule has 0 amide bonds. The first kappa shape index (κ1) is 15.3. The molecule has 0 unspecified atom stereocenters. The van der Waals surface area contributed by atoms with Crippen molar-refractivity contribution < 1.29 is 8.42 Å². The molecule has 6 heteroatoms. The minimum atomic E-state index is -3.72. The number of allylic oxidation sites excluding steroid dienone is 1. The summed E-state index contributed by atoms with van der Waals surface area (Å²) in [6, 6.07) is 12.3. The third kappa shape index (κ3) is 3.32. The molecular weight excluding hydrogens is 304 g/mol. The SMILES string of the molecule is CN(C)c1ccc(/C=C(\C#N)S(=O)(=O)c2cccs2)cc1. The van der Waals surface area contributed by atoms with Crippen molar-refractivity contribution in [2.45, 2.75) is 4.21 Å². The Labute approximate surface area is 128 Å². The van der Waals surface area contributed by atoms with Gasteiger partial charge in [0.25, 0.3) is 0 Å². The van der Waals surface area contributed by atoms with Crippen molar-refractivity contribution in [3.05, 3.63) is 52.2 Å². The van der Waals surface area contributed by atoms with Crippen molar-refractivity contribution in [1.82, 2.24) is 0 Å². The van der Waals surface area contributed by atoms with Gasteiger partial charge in [-0.05, 0) is 35.2 Å². The standard InChI is InChI=1S/C15H14N2O2S2/c1-17(2)13-7-5-12(6-8-13)10-14(11-16)21(18,19)15-4-3-9-20-15/h3-10H,1-2H3/b14-10+. The summed E-state index contributed by atoms with van der Waals surface area (Å²) in [4.78, 5) is 1.70. The van der Waals surface area contributed by atoms with E-state index in [1.54, 1.807) is 29.6 Å². The minimum absolute atomic E-state index is 0.181. The first-order valence-electron chi connectivity index (χ1n) is 6.13. The maximum atomic E-state index is 12.3. The summed E-state index contributed by atoms with van der Waals surface area (Å²) in [6.45, 7) is 0. The van der Waals surface area contributed by atoms with E-state index in [9.17, 15) is 8.42 Å². The van der Waals surface area contributed by atoms with Crippen LogP contribution in [0, 0.1) is 11.3 Å². The van der Waals surface area contributed by atoms with Crippen LogP contribution in [0.25, 0.3) is 6.08 Å². The van der Waals surface area contributed by atoms with Gasteiger partial charge in [0.05, 0.1) is 0 Å². The third-order valence-corrected chi connectivity index (χ3v) is 5.93. The van der Waals surface area contributed by atoms with Crippen LogP contribution in [0.1, 0.15) is 5.56 Å². The smallest absolute Gasteiger partial charge is 0.226 e. The lowest BCUT2D eigenvalue weighted by molar-refractivity contribution is 0.605. The van der Waals surface area contributed by atoms with Crippen LogP contribution in [-0.2, 0) is 9.84 Å². The lowest BCUT2D eigenvalue weighted by Gasteiger charge is -2.11. The largest absolute Gasteiger partial charge is 0.378 e. The second kappa shape index (κ2) is 6.12. The Kier molecular flexibility index (Phi) is 4.46. The summed E-state index contributed by atoms with van der Waals surface area (Å²) in [5.74, 6) is 0. The molecule has 0 fully saturated rings. The normalized spacial score (nSPS) is 12.0. The topological polar surface area (TPSA) is 61.2 Å². The molecule has 0 atom stereocenters. The van der Waals surface area contributed by atoms with E-state index < -0.39 is 9.84 Å². The average Bonchev–Trinajstić information content (AvgIpc) is 3.00. The highest BCUT2D eigenvalue weighted by atomic mass is 32.2. The van der Waals surface area contributed by atoms with E-state index in [0.717, 1.165) is 17.0 Å². The van der Waals surface area contributed by atoms with Gasteiger partial charge in [-0.25, -0.2) is 8.42 Å². The Morgan fingerprint density at radius 3 is 2.38 bits per heavy atom. The quantitative estimate of drug-likeness (QED) is 0.813. The molecule has 0 spiro atoms. The highest BCUT2D eigenvalue weighted by Crippen LogP contribution is 2.25. The second-order valence-electron chi connectivity index (χ2n) is 4.54. The molecule has 0 aliphatic heterocycles. The fourth-order valence-corrected chi connectivity index (χ4v) is 3.99. The Balaban J connectivity index is 2.40. The van der Waals surface area contributed by atoms with E-state index in [1.807, 2.05) is 31.1 Å². The van der Waals surface area contributed by atoms with Crippen molar-refractivity contribution in [2.75, 3.05) is 19.0 Å². The zero-order chi connectivity index (χ0) is 15.5. The maximum absolute atomic E-state index is 12.3. The summed E-state index contributed by atoms with van der Waals surface area (Å²) >= 11 is 1.10. The van der Waals surface area contributed by atoms with Crippen molar-refractivity contribution in [3.8, 4) is 6.07 Å². The van der Waals surface area contributed by atoms with Crippen LogP contribution in [0.5, 0.6) is 0 Å². The van der Waals surface area contributed by atoms with E-state index in [-0.39, 0.29) is 9.11 Å². The van der Waals surface area contributed by atoms with Crippen LogP contribution < -0.4 is 4.90 Å². The molecule has 0 saturated carbocycles. The van der Waals surface area contributed by atoms with Crippen LogP contribution in [-0.4, -0.2) is 22.5 Å². The van der Waals surface area contributed by atoms with Gasteiger partial charge < -0.3 is 4.90 Å². The summed E-state index contributed by atoms with van der Waals surface area (Å²) in [6.07, 6.45) is 1.40. The van der Waals surface area contributed by atoms with Crippen molar-refractivity contribution in [2.24, 2.45) is 0 Å². The maximum Gasteiger partial charge on any atom is 0.226 e. The molecule has 0 N–H and O–H groups in total. The Bertz CT molecular complexity index is 781. The van der Waals surface area contributed by atoms with Crippen LogP contribution in [0.2, 0.25) is 0 Å². The van der Waals surface area contributed by atoms with Gasteiger partial charge in [-0.15, -0.1) is 11.3 Å². The lowest BCUT2D eigenvalue weighted by Crippen LogP contribution is -2.08. The molecule has 0 radical (unpaired) electrons. The van der Waals surface area contributed by atoms with Crippen molar-refractivity contribution >= 4 is 32.9 Å². The zero-order valence-electron chi connectivity index (χ0n) is 11.6. The molecule has 4 nitrogen and oxygen atoms in total. The first-order chi connectivity index (χ1) is 9.95. The number of nitriles is 1. The number of thiophene rings is 1. The zero-order valence-corrected chi connectivity index (χ0v) is 13.3. The number of nitrogens with zero attached hydrogens (tertiary/aromatic N) is 2. The number of hydrogen-bond acceptors (Lipinski definition) is 5. The molecule has 0 saturated heterocycles. The molecule has 2 rings (SSSR count). The lowest BCUT2D eigenvalue weighted by atomic mass is 10.2. The highest BCUT2D eigenvalue weighted by Gasteiger charge is 2.21. The van der Waals surface area contributed by atoms with Crippen molar-refractivity contribution in [3.63, 3.8) is 0 Å². The van der Waals surface area contributed by atoms with Crippen LogP contribution >= 0.6 is 11.3 Å². The molecule has 1 heterocycles. The molecular formula is C15H14N2O2S2. The number of anilines is 1. The van der Waals surface area contributed by atoms with Gasteiger partial charge in [-0.2, -0.15) is 5.26 Å². The van der Waals surface area contributed by atoms with Gasteiger partial charge in [0.15, 0.2) is 4.91 Å². The van der Waals surface area contributed by atoms with E-state index in [4.69, 9.17) is 5.26 Å². The number of sulfone groups is 1. The molecule has 0 bridgehead atoms. The van der Waals surface area contributed by atoms with Crippen molar-refractivity contribution in [1.29, 1.82) is 5.26 Å².